The molecule has 0 atom stereocenters. The number of rotatable bonds is 4. The summed E-state index contributed by atoms with van der Waals surface area (Å²) in [6, 6.07) is 16.4. The van der Waals surface area contributed by atoms with E-state index in [0.29, 0.717) is 48.1 Å². The number of carbonyl (C=O) groups is 1. The summed E-state index contributed by atoms with van der Waals surface area (Å²) >= 11 is 12.5. The smallest absolute Gasteiger partial charge is 0.292 e. The first kappa shape index (κ1) is 22.2. The number of nitrogens with zero attached hydrogens (tertiary/aromatic N) is 6. The summed E-state index contributed by atoms with van der Waals surface area (Å²) in [5.41, 5.74) is 2.12. The van der Waals surface area contributed by atoms with E-state index in [1.807, 2.05) is 35.2 Å². The molecule has 1 aliphatic rings. The summed E-state index contributed by atoms with van der Waals surface area (Å²) in [7, 11) is 0. The van der Waals surface area contributed by atoms with Gasteiger partial charge < -0.3 is 9.80 Å². The second-order valence-electron chi connectivity index (χ2n) is 7.83. The minimum atomic E-state index is -0.377. The van der Waals surface area contributed by atoms with Crippen molar-refractivity contribution in [2.24, 2.45) is 0 Å². The molecule has 0 bridgehead atoms. The molecule has 0 unspecified atom stereocenters. The van der Waals surface area contributed by atoms with Gasteiger partial charge in [-0.05, 0) is 30.3 Å². The highest BCUT2D eigenvalue weighted by molar-refractivity contribution is 6.33. The molecule has 3 heterocycles. The second-order valence-corrected chi connectivity index (χ2v) is 8.64. The molecule has 1 saturated heterocycles. The maximum Gasteiger partial charge on any atom is 0.292 e. The predicted molar refractivity (Wildman–Crippen MR) is 132 cm³/mol. The van der Waals surface area contributed by atoms with Gasteiger partial charge in [-0.3, -0.25) is 9.59 Å². The van der Waals surface area contributed by atoms with Crippen LogP contribution in [0.15, 0.2) is 78.0 Å². The first-order valence-electron chi connectivity index (χ1n) is 10.7. The van der Waals surface area contributed by atoms with E-state index in [-0.39, 0.29) is 16.5 Å². The average molecular weight is 495 g/mol. The van der Waals surface area contributed by atoms with Crippen LogP contribution in [0.25, 0.3) is 11.4 Å². The van der Waals surface area contributed by atoms with Crippen molar-refractivity contribution in [3.05, 3.63) is 99.2 Å². The van der Waals surface area contributed by atoms with Gasteiger partial charge in [0.2, 0.25) is 0 Å². The maximum atomic E-state index is 13.0. The SMILES string of the molecule is O=C(c1cnn(-c2cccc(Cl)c2)c1)N1CCN(c2cnn(-c3ccccc3)c(=O)c2Cl)CC1. The molecule has 8 nitrogen and oxygen atoms in total. The Labute approximate surface area is 205 Å². The van der Waals surface area contributed by atoms with Crippen LogP contribution in [-0.4, -0.2) is 56.5 Å². The molecule has 1 aliphatic heterocycles. The number of hydrogen-bond acceptors (Lipinski definition) is 5. The second kappa shape index (κ2) is 9.32. The van der Waals surface area contributed by atoms with Crippen molar-refractivity contribution in [1.29, 1.82) is 0 Å². The fourth-order valence-electron chi connectivity index (χ4n) is 3.92. The highest BCUT2D eigenvalue weighted by atomic mass is 35.5. The highest BCUT2D eigenvalue weighted by Gasteiger charge is 2.25. The molecule has 5 rings (SSSR count). The number of para-hydroxylation sites is 1. The third-order valence-electron chi connectivity index (χ3n) is 5.71. The van der Waals surface area contributed by atoms with Gasteiger partial charge in [-0.15, -0.1) is 0 Å². The van der Waals surface area contributed by atoms with Crippen molar-refractivity contribution < 1.29 is 4.79 Å². The Hall–Kier alpha value is -3.62. The lowest BCUT2D eigenvalue weighted by Gasteiger charge is -2.36. The summed E-state index contributed by atoms with van der Waals surface area (Å²) in [5.74, 6) is -0.100. The van der Waals surface area contributed by atoms with Crippen LogP contribution < -0.4 is 10.5 Å². The van der Waals surface area contributed by atoms with E-state index < -0.39 is 0 Å². The first-order valence-corrected chi connectivity index (χ1v) is 11.4. The van der Waals surface area contributed by atoms with E-state index in [0.717, 1.165) is 5.69 Å². The van der Waals surface area contributed by atoms with Crippen molar-refractivity contribution in [3.63, 3.8) is 0 Å². The van der Waals surface area contributed by atoms with Gasteiger partial charge in [-0.2, -0.15) is 14.9 Å². The van der Waals surface area contributed by atoms with E-state index in [1.54, 1.807) is 52.4 Å². The minimum absolute atomic E-state index is 0.100. The zero-order valence-electron chi connectivity index (χ0n) is 18.0. The average Bonchev–Trinajstić information content (AvgIpc) is 3.36. The molecule has 2 aromatic heterocycles. The molecular formula is C24H20Cl2N6O2. The van der Waals surface area contributed by atoms with Crippen LogP contribution in [0.1, 0.15) is 10.4 Å². The fraction of sp³-hybridized carbons (Fsp3) is 0.167. The van der Waals surface area contributed by atoms with Gasteiger partial charge in [0, 0.05) is 37.4 Å². The van der Waals surface area contributed by atoms with E-state index >= 15 is 0 Å². The number of hydrogen-bond donors (Lipinski definition) is 0. The summed E-state index contributed by atoms with van der Waals surface area (Å²) < 4.78 is 2.91. The third kappa shape index (κ3) is 4.30. The normalized spacial score (nSPS) is 13.8. The lowest BCUT2D eigenvalue weighted by atomic mass is 10.2. The molecular weight excluding hydrogens is 475 g/mol. The van der Waals surface area contributed by atoms with Crippen molar-refractivity contribution in [1.82, 2.24) is 24.5 Å². The summed E-state index contributed by atoms with van der Waals surface area (Å²) in [6.45, 7) is 2.03. The fourth-order valence-corrected chi connectivity index (χ4v) is 4.36. The lowest BCUT2D eigenvalue weighted by Crippen LogP contribution is -2.49. The maximum absolute atomic E-state index is 13.0. The number of piperazine rings is 1. The van der Waals surface area contributed by atoms with Crippen LogP contribution in [0.3, 0.4) is 0 Å². The number of amides is 1. The molecule has 1 fully saturated rings. The zero-order chi connectivity index (χ0) is 23.7. The van der Waals surface area contributed by atoms with Gasteiger partial charge in [0.05, 0.1) is 35.0 Å². The lowest BCUT2D eigenvalue weighted by molar-refractivity contribution is 0.0746. The van der Waals surface area contributed by atoms with Crippen LogP contribution in [0.2, 0.25) is 10.0 Å². The van der Waals surface area contributed by atoms with Crippen molar-refractivity contribution in [2.45, 2.75) is 0 Å². The van der Waals surface area contributed by atoms with E-state index in [1.165, 1.54) is 4.68 Å². The molecule has 10 heteroatoms. The number of aromatic nitrogens is 4. The van der Waals surface area contributed by atoms with Gasteiger partial charge in [-0.1, -0.05) is 47.5 Å². The Balaban J connectivity index is 1.28. The summed E-state index contributed by atoms with van der Waals surface area (Å²) in [4.78, 5) is 29.5. The molecule has 0 saturated carbocycles. The Morgan fingerprint density at radius 3 is 2.32 bits per heavy atom. The number of halogens is 2. The van der Waals surface area contributed by atoms with Gasteiger partial charge in [-0.25, -0.2) is 4.68 Å². The standard InChI is InChI=1S/C24H20Cl2N6O2/c25-18-5-4-8-20(13-18)31-16-17(14-27-31)23(33)30-11-9-29(10-12-30)21-15-28-32(24(34)22(21)26)19-6-2-1-3-7-19/h1-8,13-16H,9-12H2. The summed E-state index contributed by atoms with van der Waals surface area (Å²) in [6.07, 6.45) is 4.85. The van der Waals surface area contributed by atoms with Crippen LogP contribution >= 0.6 is 23.2 Å². The Morgan fingerprint density at radius 2 is 1.59 bits per heavy atom. The first-order chi connectivity index (χ1) is 16.5. The topological polar surface area (TPSA) is 76.3 Å². The molecule has 34 heavy (non-hydrogen) atoms. The molecule has 172 valence electrons. The monoisotopic (exact) mass is 494 g/mol. The molecule has 4 aromatic rings. The van der Waals surface area contributed by atoms with Gasteiger partial charge in [0.1, 0.15) is 5.02 Å². The number of benzene rings is 2. The predicted octanol–water partition coefficient (Wildman–Crippen LogP) is 3.69. The van der Waals surface area contributed by atoms with Crippen molar-refractivity contribution in [3.8, 4) is 11.4 Å². The van der Waals surface area contributed by atoms with Crippen LogP contribution in [0.5, 0.6) is 0 Å². The van der Waals surface area contributed by atoms with Crippen LogP contribution in [0, 0.1) is 0 Å². The summed E-state index contributed by atoms with van der Waals surface area (Å²) in [5, 5.41) is 9.31. The van der Waals surface area contributed by atoms with E-state index in [4.69, 9.17) is 23.2 Å². The van der Waals surface area contributed by atoms with Gasteiger partial charge in [0.25, 0.3) is 11.5 Å². The van der Waals surface area contributed by atoms with Crippen molar-refractivity contribution in [2.75, 3.05) is 31.1 Å². The molecule has 0 aliphatic carbocycles. The van der Waals surface area contributed by atoms with E-state index in [2.05, 4.69) is 10.2 Å². The largest absolute Gasteiger partial charge is 0.365 e. The third-order valence-corrected chi connectivity index (χ3v) is 6.30. The molecule has 0 radical (unpaired) electrons. The molecule has 2 aromatic carbocycles. The number of anilines is 1. The molecule has 0 N–H and O–H groups in total. The molecule has 1 amide bonds. The van der Waals surface area contributed by atoms with Crippen LogP contribution in [0.4, 0.5) is 5.69 Å². The van der Waals surface area contributed by atoms with Gasteiger partial charge >= 0.3 is 0 Å². The number of carbonyl (C=O) groups excluding carboxylic acids is 1. The van der Waals surface area contributed by atoms with Gasteiger partial charge in [0.15, 0.2) is 0 Å². The Morgan fingerprint density at radius 1 is 0.853 bits per heavy atom. The molecule has 0 spiro atoms. The minimum Gasteiger partial charge on any atom is -0.365 e. The van der Waals surface area contributed by atoms with Crippen molar-refractivity contribution >= 4 is 34.8 Å². The highest BCUT2D eigenvalue weighted by Crippen LogP contribution is 2.24. The Bertz CT molecular complexity index is 1390. The van der Waals surface area contributed by atoms with E-state index in [9.17, 15) is 9.59 Å². The Kier molecular flexibility index (Phi) is 6.08. The zero-order valence-corrected chi connectivity index (χ0v) is 19.5. The van der Waals surface area contributed by atoms with Crippen LogP contribution in [-0.2, 0) is 0 Å². The quantitative estimate of drug-likeness (QED) is 0.432.